The third kappa shape index (κ3) is 3.18. The lowest BCUT2D eigenvalue weighted by Crippen LogP contribution is -2.44. The highest BCUT2D eigenvalue weighted by atomic mass is 19.1. The van der Waals surface area contributed by atoms with Crippen LogP contribution >= 0.6 is 0 Å². The van der Waals surface area contributed by atoms with E-state index in [0.29, 0.717) is 17.7 Å². The van der Waals surface area contributed by atoms with Gasteiger partial charge in [-0.25, -0.2) is 14.2 Å². The molecule has 0 spiro atoms. The van der Waals surface area contributed by atoms with Crippen LogP contribution in [0.2, 0.25) is 0 Å². The first kappa shape index (κ1) is 12.8. The van der Waals surface area contributed by atoms with Gasteiger partial charge in [-0.15, -0.1) is 0 Å². The maximum atomic E-state index is 12.7. The Bertz CT molecular complexity index is 411. The molecule has 2 atom stereocenters. The summed E-state index contributed by atoms with van der Waals surface area (Å²) in [4.78, 5) is 17.6. The number of rotatable bonds is 1. The SMILES string of the molecule is C[C@@H]1C[C@@H](C)CN(C(=O)Nc2ccc(F)cn2)C1. The van der Waals surface area contributed by atoms with Crippen molar-refractivity contribution in [2.24, 2.45) is 11.8 Å². The zero-order chi connectivity index (χ0) is 13.1. The Morgan fingerprint density at radius 1 is 1.39 bits per heavy atom. The van der Waals surface area contributed by atoms with Gasteiger partial charge in [-0.2, -0.15) is 0 Å². The molecule has 0 bridgehead atoms. The van der Waals surface area contributed by atoms with Crippen molar-refractivity contribution in [1.82, 2.24) is 9.88 Å². The maximum absolute atomic E-state index is 12.7. The van der Waals surface area contributed by atoms with Crippen molar-refractivity contribution >= 4 is 11.8 Å². The second kappa shape index (κ2) is 5.33. The average Bonchev–Trinajstić information content (AvgIpc) is 2.31. The number of anilines is 1. The number of carbonyl (C=O) groups excluding carboxylic acids is 1. The Morgan fingerprint density at radius 2 is 2.06 bits per heavy atom. The third-order valence-electron chi connectivity index (χ3n) is 3.12. The molecule has 0 unspecified atom stereocenters. The van der Waals surface area contributed by atoms with E-state index in [1.807, 2.05) is 0 Å². The Kier molecular flexibility index (Phi) is 3.79. The third-order valence-corrected chi connectivity index (χ3v) is 3.12. The summed E-state index contributed by atoms with van der Waals surface area (Å²) in [7, 11) is 0. The molecule has 18 heavy (non-hydrogen) atoms. The molecule has 1 aromatic rings. The largest absolute Gasteiger partial charge is 0.324 e. The van der Waals surface area contributed by atoms with E-state index in [0.717, 1.165) is 25.7 Å². The number of nitrogens with zero attached hydrogens (tertiary/aromatic N) is 2. The molecule has 1 fully saturated rings. The highest BCUT2D eigenvalue weighted by molar-refractivity contribution is 5.88. The molecule has 0 radical (unpaired) electrons. The summed E-state index contributed by atoms with van der Waals surface area (Å²) in [6, 6.07) is 2.58. The van der Waals surface area contributed by atoms with Crippen LogP contribution in [0.15, 0.2) is 18.3 Å². The van der Waals surface area contributed by atoms with E-state index >= 15 is 0 Å². The van der Waals surface area contributed by atoms with Gasteiger partial charge in [0.25, 0.3) is 0 Å². The number of amides is 2. The molecule has 0 aliphatic carbocycles. The van der Waals surface area contributed by atoms with E-state index in [1.165, 1.54) is 12.1 Å². The summed E-state index contributed by atoms with van der Waals surface area (Å²) < 4.78 is 12.7. The molecular weight excluding hydrogens is 233 g/mol. The van der Waals surface area contributed by atoms with Crippen LogP contribution in [-0.2, 0) is 0 Å². The van der Waals surface area contributed by atoms with Gasteiger partial charge in [0.2, 0.25) is 0 Å². The van der Waals surface area contributed by atoms with Crippen molar-refractivity contribution in [2.45, 2.75) is 20.3 Å². The molecule has 1 N–H and O–H groups in total. The first-order valence-electron chi connectivity index (χ1n) is 6.22. The summed E-state index contributed by atoms with van der Waals surface area (Å²) in [5.41, 5.74) is 0. The maximum Gasteiger partial charge on any atom is 0.323 e. The van der Waals surface area contributed by atoms with Crippen LogP contribution in [0.25, 0.3) is 0 Å². The summed E-state index contributed by atoms with van der Waals surface area (Å²) >= 11 is 0. The second-order valence-corrected chi connectivity index (χ2v) is 5.14. The number of halogens is 1. The number of aromatic nitrogens is 1. The lowest BCUT2D eigenvalue weighted by atomic mass is 9.92. The van der Waals surface area contributed by atoms with E-state index in [1.54, 1.807) is 4.90 Å². The van der Waals surface area contributed by atoms with E-state index in [2.05, 4.69) is 24.1 Å². The van der Waals surface area contributed by atoms with Gasteiger partial charge < -0.3 is 4.90 Å². The van der Waals surface area contributed by atoms with Crippen LogP contribution in [0.1, 0.15) is 20.3 Å². The molecule has 4 nitrogen and oxygen atoms in total. The lowest BCUT2D eigenvalue weighted by molar-refractivity contribution is 0.156. The van der Waals surface area contributed by atoms with Gasteiger partial charge in [0.15, 0.2) is 0 Å². The van der Waals surface area contributed by atoms with Gasteiger partial charge in [-0.05, 0) is 30.4 Å². The zero-order valence-electron chi connectivity index (χ0n) is 10.7. The number of nitrogens with one attached hydrogen (secondary N) is 1. The Labute approximate surface area is 106 Å². The van der Waals surface area contributed by atoms with Crippen LogP contribution < -0.4 is 5.32 Å². The standard InChI is InChI=1S/C13H18FN3O/c1-9-5-10(2)8-17(7-9)13(18)16-12-4-3-11(14)6-15-12/h3-4,6,9-10H,5,7-8H2,1-2H3,(H,15,16,18)/t9-,10-/m1/s1. The van der Waals surface area contributed by atoms with E-state index in [9.17, 15) is 9.18 Å². The topological polar surface area (TPSA) is 45.2 Å². The monoisotopic (exact) mass is 251 g/mol. The van der Waals surface area contributed by atoms with E-state index < -0.39 is 5.82 Å². The summed E-state index contributed by atoms with van der Waals surface area (Å²) in [6.45, 7) is 5.81. The normalized spacial score (nSPS) is 23.8. The minimum atomic E-state index is -0.409. The average molecular weight is 251 g/mol. The molecule has 1 aromatic heterocycles. The van der Waals surface area contributed by atoms with E-state index in [-0.39, 0.29) is 6.03 Å². The minimum Gasteiger partial charge on any atom is -0.324 e. The number of piperidine rings is 1. The van der Waals surface area contributed by atoms with Crippen LogP contribution in [0.4, 0.5) is 15.0 Å². The van der Waals surface area contributed by atoms with Gasteiger partial charge in [0.05, 0.1) is 6.20 Å². The fourth-order valence-corrected chi connectivity index (χ4v) is 2.47. The van der Waals surface area contributed by atoms with Gasteiger partial charge in [-0.3, -0.25) is 5.32 Å². The van der Waals surface area contributed by atoms with Gasteiger partial charge >= 0.3 is 6.03 Å². The molecule has 0 saturated carbocycles. The molecule has 5 heteroatoms. The molecule has 1 aliphatic heterocycles. The van der Waals surface area contributed by atoms with Gasteiger partial charge in [-0.1, -0.05) is 13.8 Å². The highest BCUT2D eigenvalue weighted by Crippen LogP contribution is 2.21. The first-order valence-corrected chi connectivity index (χ1v) is 6.22. The molecule has 1 saturated heterocycles. The lowest BCUT2D eigenvalue weighted by Gasteiger charge is -2.34. The molecule has 98 valence electrons. The van der Waals surface area contributed by atoms with Crippen LogP contribution in [-0.4, -0.2) is 29.0 Å². The van der Waals surface area contributed by atoms with Crippen LogP contribution in [0.5, 0.6) is 0 Å². The summed E-state index contributed by atoms with van der Waals surface area (Å²) in [5, 5.41) is 2.69. The molecule has 2 rings (SSSR count). The summed E-state index contributed by atoms with van der Waals surface area (Å²) in [6.07, 6.45) is 2.25. The van der Waals surface area contributed by atoms with Crippen LogP contribution in [0, 0.1) is 17.7 Å². The number of carbonyl (C=O) groups is 1. The quantitative estimate of drug-likeness (QED) is 0.834. The zero-order valence-corrected chi connectivity index (χ0v) is 10.7. The Balaban J connectivity index is 1.97. The fourth-order valence-electron chi connectivity index (χ4n) is 2.47. The number of hydrogen-bond acceptors (Lipinski definition) is 2. The van der Waals surface area contributed by atoms with E-state index in [4.69, 9.17) is 0 Å². The fraction of sp³-hybridized carbons (Fsp3) is 0.538. The van der Waals surface area contributed by atoms with Crippen molar-refractivity contribution in [1.29, 1.82) is 0 Å². The molecule has 1 aliphatic rings. The van der Waals surface area contributed by atoms with Crippen molar-refractivity contribution < 1.29 is 9.18 Å². The molecular formula is C13H18FN3O. The Hall–Kier alpha value is -1.65. The molecule has 2 amide bonds. The first-order chi connectivity index (χ1) is 8.54. The van der Waals surface area contributed by atoms with Crippen molar-refractivity contribution in [3.63, 3.8) is 0 Å². The van der Waals surface area contributed by atoms with Crippen LogP contribution in [0.3, 0.4) is 0 Å². The van der Waals surface area contributed by atoms with Crippen molar-refractivity contribution in [3.05, 3.63) is 24.1 Å². The Morgan fingerprint density at radius 3 is 2.61 bits per heavy atom. The van der Waals surface area contributed by atoms with Gasteiger partial charge in [0.1, 0.15) is 11.6 Å². The highest BCUT2D eigenvalue weighted by Gasteiger charge is 2.25. The summed E-state index contributed by atoms with van der Waals surface area (Å²) in [5.74, 6) is 1.00. The molecule has 0 aromatic carbocycles. The predicted molar refractivity (Wildman–Crippen MR) is 67.7 cm³/mol. The smallest absolute Gasteiger partial charge is 0.323 e. The number of pyridine rings is 1. The second-order valence-electron chi connectivity index (χ2n) is 5.14. The predicted octanol–water partition coefficient (Wildman–Crippen LogP) is 2.73. The number of likely N-dealkylation sites (tertiary alicyclic amines) is 1. The van der Waals surface area contributed by atoms with Crippen molar-refractivity contribution in [3.8, 4) is 0 Å². The van der Waals surface area contributed by atoms with Gasteiger partial charge in [0, 0.05) is 13.1 Å². The van der Waals surface area contributed by atoms with Crippen molar-refractivity contribution in [2.75, 3.05) is 18.4 Å². The minimum absolute atomic E-state index is 0.160. The number of urea groups is 1. The molecule has 2 heterocycles. The number of hydrogen-bond donors (Lipinski definition) is 1.